The third-order valence-corrected chi connectivity index (χ3v) is 9.93. The molecule has 0 spiro atoms. The van der Waals surface area contributed by atoms with E-state index in [0.717, 1.165) is 0 Å². The molecule has 2 N–H and O–H groups in total. The van der Waals surface area contributed by atoms with Crippen molar-refractivity contribution in [2.45, 2.75) is 93.0 Å². The number of hydrogen-bond donors (Lipinski definition) is 2. The predicted molar refractivity (Wildman–Crippen MR) is 127 cm³/mol. The van der Waals surface area contributed by atoms with Crippen LogP contribution in [0.4, 0.5) is 43.9 Å². The van der Waals surface area contributed by atoms with E-state index in [9.17, 15) is 62.2 Å². The van der Waals surface area contributed by atoms with Gasteiger partial charge in [0.05, 0.1) is 18.8 Å². The highest BCUT2D eigenvalue weighted by atomic mass is 32.2. The third-order valence-electron chi connectivity index (χ3n) is 8.98. The van der Waals surface area contributed by atoms with Gasteiger partial charge in [-0.05, 0) is 49.4 Å². The zero-order valence-electron chi connectivity index (χ0n) is 22.6. The van der Waals surface area contributed by atoms with Gasteiger partial charge in [-0.15, -0.1) is 0 Å². The van der Waals surface area contributed by atoms with Crippen molar-refractivity contribution in [3.63, 3.8) is 0 Å². The van der Waals surface area contributed by atoms with E-state index in [4.69, 9.17) is 14.0 Å². The van der Waals surface area contributed by atoms with Crippen LogP contribution < -0.4 is 0 Å². The van der Waals surface area contributed by atoms with Crippen molar-refractivity contribution in [3.05, 3.63) is 12.2 Å². The summed E-state index contributed by atoms with van der Waals surface area (Å²) in [7, 11) is -6.46. The molecule has 0 heterocycles. The molecule has 0 aromatic carbocycles. The fourth-order valence-electron chi connectivity index (χ4n) is 7.05. The van der Waals surface area contributed by atoms with E-state index in [0.29, 0.717) is 25.7 Å². The predicted octanol–water partition coefficient (Wildman–Crippen LogP) is 6.08. The number of carbonyl (C=O) groups excluding carboxylic acids is 1. The Morgan fingerprint density at radius 3 is 1.60 bits per heavy atom. The fraction of sp³-hybridized carbons (Fsp3) is 0.880. The molecule has 0 aliphatic heterocycles. The monoisotopic (exact) mass is 666 g/mol. The van der Waals surface area contributed by atoms with Crippen LogP contribution in [0.3, 0.4) is 0 Å². The molecule has 7 nitrogen and oxygen atoms in total. The van der Waals surface area contributed by atoms with Gasteiger partial charge in [-0.3, -0.25) is 4.55 Å². The molecule has 0 saturated heterocycles. The van der Waals surface area contributed by atoms with Gasteiger partial charge in [0.1, 0.15) is 6.10 Å². The van der Waals surface area contributed by atoms with E-state index in [1.54, 1.807) is 0 Å². The lowest BCUT2D eigenvalue weighted by molar-refractivity contribution is -0.403. The van der Waals surface area contributed by atoms with Crippen molar-refractivity contribution in [3.8, 4) is 0 Å². The Labute approximate surface area is 240 Å². The minimum absolute atomic E-state index is 0.0759. The van der Waals surface area contributed by atoms with E-state index >= 15 is 0 Å². The van der Waals surface area contributed by atoms with Gasteiger partial charge in [-0.25, -0.2) is 4.79 Å². The van der Waals surface area contributed by atoms with E-state index in [-0.39, 0.29) is 25.7 Å². The summed E-state index contributed by atoms with van der Waals surface area (Å²) in [6.07, 6.45) is -13.6. The Hall–Kier alpha value is -1.66. The van der Waals surface area contributed by atoms with Gasteiger partial charge in [0.2, 0.25) is 0 Å². The Morgan fingerprint density at radius 1 is 0.791 bits per heavy atom. The second-order valence-corrected chi connectivity index (χ2v) is 12.9. The third kappa shape index (κ3) is 6.66. The van der Waals surface area contributed by atoms with E-state index in [1.165, 1.54) is 0 Å². The van der Waals surface area contributed by atoms with Gasteiger partial charge in [0, 0.05) is 12.3 Å². The van der Waals surface area contributed by atoms with E-state index in [1.807, 2.05) is 0 Å². The van der Waals surface area contributed by atoms with Crippen LogP contribution in [0.5, 0.6) is 0 Å². The van der Waals surface area contributed by atoms with Crippen LogP contribution in [0.2, 0.25) is 0 Å². The van der Waals surface area contributed by atoms with Gasteiger partial charge in [-0.2, -0.15) is 52.3 Å². The molecule has 18 heteroatoms. The lowest BCUT2D eigenvalue weighted by Gasteiger charge is -2.58. The number of carbonyl (C=O) groups is 1. The molecule has 43 heavy (non-hydrogen) atoms. The lowest BCUT2D eigenvalue weighted by atomic mass is 9.50. The average Bonchev–Trinajstić information content (AvgIpc) is 2.88. The molecule has 0 amide bonds. The first kappa shape index (κ1) is 35.8. The molecule has 3 rings (SSSR count). The van der Waals surface area contributed by atoms with Crippen molar-refractivity contribution < 1.29 is 76.2 Å². The number of hydrogen-bond acceptors (Lipinski definition) is 6. The number of rotatable bonds is 10. The Balaban J connectivity index is 1.77. The smallest absolute Gasteiger partial charge is 0.431 e. The molecule has 3 aliphatic rings. The molecular formula is C25H32F10O7S. The summed E-state index contributed by atoms with van der Waals surface area (Å²) in [5.74, 6) is -13.2. The Bertz CT molecular complexity index is 1100. The van der Waals surface area contributed by atoms with Gasteiger partial charge in [0.15, 0.2) is 0 Å². The fourth-order valence-corrected chi connectivity index (χ4v) is 7.53. The van der Waals surface area contributed by atoms with E-state index < -0.39 is 106 Å². The maximum Gasteiger partial charge on any atom is 0.431 e. The van der Waals surface area contributed by atoms with Gasteiger partial charge >= 0.3 is 39.6 Å². The number of ether oxygens (including phenoxy) is 2. The summed E-state index contributed by atoms with van der Waals surface area (Å²) in [5.41, 5.74) is -5.52. The highest BCUT2D eigenvalue weighted by molar-refractivity contribution is 7.87. The van der Waals surface area contributed by atoms with Crippen LogP contribution >= 0.6 is 0 Å². The highest BCUT2D eigenvalue weighted by Crippen LogP contribution is 2.62. The van der Waals surface area contributed by atoms with Gasteiger partial charge in [0.25, 0.3) is 5.60 Å². The summed E-state index contributed by atoms with van der Waals surface area (Å²) in [4.78, 5) is 12.8. The summed E-state index contributed by atoms with van der Waals surface area (Å²) in [6.45, 7) is 1.27. The molecular weight excluding hydrogens is 634 g/mol. The Morgan fingerprint density at radius 2 is 1.21 bits per heavy atom. The average molecular weight is 667 g/mol. The standard InChI is InChI=1S/C25H32F10O7S/c1-13(12-41-11-10-21(26,27)25(34,35)43(38,39)40)20(36)42-19-16-8-4-2-6-14(16)18(15-7-3-5-9-17(15)19)22(37,23(28,29)30)24(31,32)33/h14-19,37H,1-12H2,(H,38,39,40). The first-order chi connectivity index (χ1) is 19.5. The van der Waals surface area contributed by atoms with Crippen LogP contribution in [0, 0.1) is 29.6 Å². The molecule has 3 saturated carbocycles. The second kappa shape index (κ2) is 12.3. The maximum absolute atomic E-state index is 14.0. The molecule has 0 aromatic heterocycles. The maximum atomic E-state index is 14.0. The summed E-state index contributed by atoms with van der Waals surface area (Å²) in [5, 5.41) is 4.66. The summed E-state index contributed by atoms with van der Waals surface area (Å²) >= 11 is 0. The quantitative estimate of drug-likeness (QED) is 0.0957. The largest absolute Gasteiger partial charge is 0.458 e. The molecule has 0 radical (unpaired) electrons. The van der Waals surface area contributed by atoms with Crippen LogP contribution in [-0.2, 0) is 24.4 Å². The number of aliphatic hydroxyl groups is 1. The topological polar surface area (TPSA) is 110 Å². The van der Waals surface area contributed by atoms with Crippen molar-refractivity contribution >= 4 is 16.1 Å². The Kier molecular flexibility index (Phi) is 10.2. The van der Waals surface area contributed by atoms with Crippen molar-refractivity contribution in [2.75, 3.05) is 13.2 Å². The molecule has 4 unspecified atom stereocenters. The minimum Gasteiger partial charge on any atom is -0.458 e. The normalized spacial score (nSPS) is 29.4. The van der Waals surface area contributed by atoms with Gasteiger partial charge < -0.3 is 14.6 Å². The number of fused-ring (bicyclic) bond motifs is 2. The van der Waals surface area contributed by atoms with Gasteiger partial charge in [-0.1, -0.05) is 32.3 Å². The zero-order chi connectivity index (χ0) is 32.8. The van der Waals surface area contributed by atoms with Crippen LogP contribution in [0.1, 0.15) is 57.8 Å². The molecule has 3 aliphatic carbocycles. The summed E-state index contributed by atoms with van der Waals surface area (Å²) < 4.78 is 178. The zero-order valence-corrected chi connectivity index (χ0v) is 23.4. The molecule has 0 aromatic rings. The number of halogens is 10. The molecule has 4 atom stereocenters. The second-order valence-electron chi connectivity index (χ2n) is 11.5. The summed E-state index contributed by atoms with van der Waals surface area (Å²) in [6, 6.07) is 0. The number of alkyl halides is 10. The van der Waals surface area contributed by atoms with Crippen molar-refractivity contribution in [1.82, 2.24) is 0 Å². The minimum atomic E-state index is -6.46. The molecule has 0 bridgehead atoms. The first-order valence-corrected chi connectivity index (χ1v) is 15.0. The molecule has 250 valence electrons. The van der Waals surface area contributed by atoms with Crippen molar-refractivity contribution in [2.24, 2.45) is 29.6 Å². The number of esters is 1. The van der Waals surface area contributed by atoms with Crippen LogP contribution in [0.15, 0.2) is 12.2 Å². The first-order valence-electron chi connectivity index (χ1n) is 13.5. The van der Waals surface area contributed by atoms with Crippen LogP contribution in [0.25, 0.3) is 0 Å². The SMILES string of the molecule is C=C(COCCC(F)(F)C(F)(F)S(=O)(=O)O)C(=O)OC1C2CCCCC2C(C(O)(C(F)(F)F)C(F)(F)F)C2CCCCC21. The molecule has 3 fully saturated rings. The lowest BCUT2D eigenvalue weighted by Crippen LogP contribution is -2.69. The van der Waals surface area contributed by atoms with E-state index in [2.05, 4.69) is 6.58 Å². The van der Waals surface area contributed by atoms with Crippen molar-refractivity contribution in [1.29, 1.82) is 0 Å². The highest BCUT2D eigenvalue weighted by Gasteiger charge is 2.77. The van der Waals surface area contributed by atoms with Crippen LogP contribution in [-0.4, -0.2) is 72.5 Å².